The van der Waals surface area contributed by atoms with E-state index in [9.17, 15) is 9.59 Å². The van der Waals surface area contributed by atoms with Crippen LogP contribution in [0, 0.1) is 5.41 Å². The topological polar surface area (TPSA) is 43.4 Å². The third-order valence-corrected chi connectivity index (χ3v) is 3.17. The standard InChI is InChI=1S/C15H22O3/c1-10(2)14(17)18-7-6-12-11(3)8-15(4,5)9-13(12)16/h1,6-9H2,2-5H3. The van der Waals surface area contributed by atoms with Crippen molar-refractivity contribution in [3.63, 3.8) is 0 Å². The molecular weight excluding hydrogens is 228 g/mol. The summed E-state index contributed by atoms with van der Waals surface area (Å²) in [6.07, 6.45) is 2.02. The van der Waals surface area contributed by atoms with Gasteiger partial charge in [0.15, 0.2) is 5.78 Å². The minimum Gasteiger partial charge on any atom is -0.462 e. The maximum Gasteiger partial charge on any atom is 0.333 e. The van der Waals surface area contributed by atoms with E-state index in [1.165, 1.54) is 0 Å². The summed E-state index contributed by atoms with van der Waals surface area (Å²) in [5.41, 5.74) is 2.40. The Morgan fingerprint density at radius 1 is 1.39 bits per heavy atom. The Balaban J connectivity index is 2.59. The fraction of sp³-hybridized carbons (Fsp3) is 0.600. The van der Waals surface area contributed by atoms with Gasteiger partial charge >= 0.3 is 5.97 Å². The fourth-order valence-electron chi connectivity index (χ4n) is 2.39. The molecule has 0 heterocycles. The number of ketones is 1. The molecule has 0 radical (unpaired) electrons. The maximum atomic E-state index is 12.0. The number of rotatable bonds is 4. The summed E-state index contributed by atoms with van der Waals surface area (Å²) in [6.45, 7) is 11.6. The monoisotopic (exact) mass is 250 g/mol. The lowest BCUT2D eigenvalue weighted by atomic mass is 9.73. The molecule has 0 spiro atoms. The van der Waals surface area contributed by atoms with Gasteiger partial charge in [-0.2, -0.15) is 0 Å². The van der Waals surface area contributed by atoms with Crippen molar-refractivity contribution in [1.82, 2.24) is 0 Å². The van der Waals surface area contributed by atoms with Gasteiger partial charge < -0.3 is 4.74 Å². The molecule has 0 aromatic carbocycles. The molecule has 0 N–H and O–H groups in total. The first-order valence-corrected chi connectivity index (χ1v) is 6.27. The van der Waals surface area contributed by atoms with Crippen molar-refractivity contribution >= 4 is 11.8 Å². The van der Waals surface area contributed by atoms with E-state index in [1.54, 1.807) is 6.92 Å². The zero-order chi connectivity index (χ0) is 13.9. The number of carbonyl (C=O) groups is 2. The summed E-state index contributed by atoms with van der Waals surface area (Å²) >= 11 is 0. The summed E-state index contributed by atoms with van der Waals surface area (Å²) in [7, 11) is 0. The zero-order valence-corrected chi connectivity index (χ0v) is 11.8. The normalized spacial score (nSPS) is 18.8. The first-order valence-electron chi connectivity index (χ1n) is 6.27. The van der Waals surface area contributed by atoms with Crippen LogP contribution in [0.15, 0.2) is 23.3 Å². The van der Waals surface area contributed by atoms with Crippen LogP contribution in [0.25, 0.3) is 0 Å². The van der Waals surface area contributed by atoms with Crippen molar-refractivity contribution in [2.75, 3.05) is 6.61 Å². The molecule has 0 bridgehead atoms. The van der Waals surface area contributed by atoms with Gasteiger partial charge in [-0.1, -0.05) is 26.0 Å². The molecule has 18 heavy (non-hydrogen) atoms. The lowest BCUT2D eigenvalue weighted by Gasteiger charge is -2.31. The van der Waals surface area contributed by atoms with E-state index in [4.69, 9.17) is 4.74 Å². The predicted octanol–water partition coefficient (Wildman–Crippen LogP) is 3.20. The molecule has 3 heteroatoms. The van der Waals surface area contributed by atoms with Crippen molar-refractivity contribution < 1.29 is 14.3 Å². The lowest BCUT2D eigenvalue weighted by molar-refractivity contribution is -0.139. The van der Waals surface area contributed by atoms with Crippen molar-refractivity contribution in [3.8, 4) is 0 Å². The van der Waals surface area contributed by atoms with Crippen molar-refractivity contribution in [2.24, 2.45) is 5.41 Å². The third-order valence-electron chi connectivity index (χ3n) is 3.17. The van der Waals surface area contributed by atoms with Gasteiger partial charge in [0.05, 0.1) is 6.61 Å². The Bertz CT molecular complexity index is 413. The average Bonchev–Trinajstić information content (AvgIpc) is 2.19. The summed E-state index contributed by atoms with van der Waals surface area (Å²) in [4.78, 5) is 23.2. The molecule has 0 aromatic heterocycles. The van der Waals surface area contributed by atoms with Crippen LogP contribution in [0.4, 0.5) is 0 Å². The summed E-state index contributed by atoms with van der Waals surface area (Å²) < 4.78 is 5.03. The van der Waals surface area contributed by atoms with Crippen LogP contribution in [0.2, 0.25) is 0 Å². The third kappa shape index (κ3) is 3.83. The molecule has 0 fully saturated rings. The molecule has 1 rings (SSSR count). The van der Waals surface area contributed by atoms with Crippen LogP contribution in [0.5, 0.6) is 0 Å². The predicted molar refractivity (Wildman–Crippen MR) is 71.1 cm³/mol. The van der Waals surface area contributed by atoms with E-state index in [-0.39, 0.29) is 17.8 Å². The summed E-state index contributed by atoms with van der Waals surface area (Å²) in [5.74, 6) is -0.202. The smallest absolute Gasteiger partial charge is 0.333 e. The Morgan fingerprint density at radius 3 is 2.50 bits per heavy atom. The van der Waals surface area contributed by atoms with Gasteiger partial charge in [0.25, 0.3) is 0 Å². The molecule has 0 saturated carbocycles. The Morgan fingerprint density at radius 2 is 2.00 bits per heavy atom. The van der Waals surface area contributed by atoms with Crippen LogP contribution < -0.4 is 0 Å². The minimum atomic E-state index is -0.392. The average molecular weight is 250 g/mol. The van der Waals surface area contributed by atoms with Crippen LogP contribution in [0.1, 0.15) is 47.0 Å². The molecule has 3 nitrogen and oxygen atoms in total. The van der Waals surface area contributed by atoms with E-state index >= 15 is 0 Å². The van der Waals surface area contributed by atoms with E-state index < -0.39 is 5.97 Å². The highest BCUT2D eigenvalue weighted by atomic mass is 16.5. The second-order valence-corrected chi connectivity index (χ2v) is 5.87. The van der Waals surface area contributed by atoms with Gasteiger partial charge in [-0.05, 0) is 31.3 Å². The Kier molecular flexibility index (Phi) is 4.49. The minimum absolute atomic E-state index is 0.0546. The van der Waals surface area contributed by atoms with E-state index in [0.717, 1.165) is 17.6 Å². The van der Waals surface area contributed by atoms with Gasteiger partial charge in [0, 0.05) is 18.4 Å². The molecule has 100 valence electrons. The van der Waals surface area contributed by atoms with Crippen molar-refractivity contribution in [1.29, 1.82) is 0 Å². The van der Waals surface area contributed by atoms with E-state index in [2.05, 4.69) is 20.4 Å². The van der Waals surface area contributed by atoms with Crippen LogP contribution >= 0.6 is 0 Å². The lowest BCUT2D eigenvalue weighted by Crippen LogP contribution is -2.25. The molecule has 1 aliphatic rings. The van der Waals surface area contributed by atoms with E-state index in [1.807, 2.05) is 6.92 Å². The molecule has 0 unspecified atom stereocenters. The van der Waals surface area contributed by atoms with E-state index in [0.29, 0.717) is 18.4 Å². The second-order valence-electron chi connectivity index (χ2n) is 5.87. The van der Waals surface area contributed by atoms with Gasteiger partial charge in [-0.3, -0.25) is 4.79 Å². The highest BCUT2D eigenvalue weighted by Crippen LogP contribution is 2.37. The fourth-order valence-corrected chi connectivity index (χ4v) is 2.39. The molecule has 0 aliphatic heterocycles. The summed E-state index contributed by atoms with van der Waals surface area (Å²) in [5, 5.41) is 0. The van der Waals surface area contributed by atoms with Crippen molar-refractivity contribution in [2.45, 2.75) is 47.0 Å². The van der Waals surface area contributed by atoms with Crippen LogP contribution in [-0.2, 0) is 14.3 Å². The Labute approximate surface area is 109 Å². The highest BCUT2D eigenvalue weighted by molar-refractivity contribution is 5.97. The largest absolute Gasteiger partial charge is 0.462 e. The van der Waals surface area contributed by atoms with Crippen molar-refractivity contribution in [3.05, 3.63) is 23.3 Å². The molecule has 0 saturated heterocycles. The van der Waals surface area contributed by atoms with Crippen LogP contribution in [0.3, 0.4) is 0 Å². The van der Waals surface area contributed by atoms with Gasteiger partial charge in [0.1, 0.15) is 0 Å². The molecule has 0 amide bonds. The molecule has 0 aromatic rings. The van der Waals surface area contributed by atoms with Gasteiger partial charge in [0.2, 0.25) is 0 Å². The second kappa shape index (κ2) is 5.51. The molecular formula is C15H22O3. The number of carbonyl (C=O) groups excluding carboxylic acids is 2. The quantitative estimate of drug-likeness (QED) is 0.568. The number of ether oxygens (including phenoxy) is 1. The first kappa shape index (κ1) is 14.7. The van der Waals surface area contributed by atoms with Gasteiger partial charge in [-0.25, -0.2) is 4.79 Å². The first-order chi connectivity index (χ1) is 8.23. The maximum absolute atomic E-state index is 12.0. The number of allylic oxidation sites excluding steroid dienone is 1. The number of Topliss-reactive ketones (excluding diaryl/α,β-unsaturated/α-hetero) is 1. The van der Waals surface area contributed by atoms with Gasteiger partial charge in [-0.15, -0.1) is 0 Å². The number of hydrogen-bond donors (Lipinski definition) is 0. The highest BCUT2D eigenvalue weighted by Gasteiger charge is 2.30. The summed E-state index contributed by atoms with van der Waals surface area (Å²) in [6, 6.07) is 0. The number of esters is 1. The molecule has 1 aliphatic carbocycles. The Hall–Kier alpha value is -1.38. The van der Waals surface area contributed by atoms with Crippen LogP contribution in [-0.4, -0.2) is 18.4 Å². The zero-order valence-electron chi connectivity index (χ0n) is 11.8. The SMILES string of the molecule is C=C(C)C(=O)OCCC1=C(C)CC(C)(C)CC1=O. The number of hydrogen-bond acceptors (Lipinski definition) is 3. The molecule has 0 atom stereocenters.